The third-order valence-corrected chi connectivity index (χ3v) is 8.98. The predicted octanol–water partition coefficient (Wildman–Crippen LogP) is 9.34. The van der Waals surface area contributed by atoms with Crippen molar-refractivity contribution in [2.75, 3.05) is 0 Å². The maximum absolute atomic E-state index is 2.45. The lowest BCUT2D eigenvalue weighted by Crippen LogP contribution is -2.25. The SMILES string of the molecule is C/C=C/C1CCC(CCCCC2CCC(C3CCC(CCC)CC3)CC2)CC1. The number of hydrogen-bond donors (Lipinski definition) is 0. The van der Waals surface area contributed by atoms with E-state index >= 15 is 0 Å². The van der Waals surface area contributed by atoms with Crippen LogP contribution in [0.25, 0.3) is 0 Å². The van der Waals surface area contributed by atoms with Crippen LogP contribution >= 0.6 is 0 Å². The Morgan fingerprint density at radius 1 is 0.571 bits per heavy atom. The molecule has 162 valence electrons. The zero-order chi connectivity index (χ0) is 19.6. The Morgan fingerprint density at radius 2 is 1.00 bits per heavy atom. The maximum Gasteiger partial charge on any atom is -0.0233 e. The summed E-state index contributed by atoms with van der Waals surface area (Å²) in [6.45, 7) is 4.54. The molecule has 0 unspecified atom stereocenters. The standard InChI is InChI=1S/C28H50/c1-3-7-23-11-13-25(14-12-23)9-5-6-10-26-17-21-28(22-18-26)27-19-15-24(8-4-2)16-20-27/h3,7,23-28H,4-6,8-22H2,1-2H3/b7-3+. The molecule has 0 radical (unpaired) electrons. The monoisotopic (exact) mass is 386 g/mol. The molecule has 0 atom stereocenters. The zero-order valence-electron chi connectivity index (χ0n) is 19.3. The van der Waals surface area contributed by atoms with Gasteiger partial charge in [-0.3, -0.25) is 0 Å². The van der Waals surface area contributed by atoms with Gasteiger partial charge >= 0.3 is 0 Å². The minimum Gasteiger partial charge on any atom is -0.0914 e. The van der Waals surface area contributed by atoms with Crippen molar-refractivity contribution in [1.82, 2.24) is 0 Å². The average Bonchev–Trinajstić information content (AvgIpc) is 2.74. The Morgan fingerprint density at radius 3 is 1.43 bits per heavy atom. The molecular weight excluding hydrogens is 336 g/mol. The minimum atomic E-state index is 0.901. The summed E-state index contributed by atoms with van der Waals surface area (Å²) in [5, 5.41) is 0. The highest BCUT2D eigenvalue weighted by atomic mass is 14.4. The molecule has 0 spiro atoms. The van der Waals surface area contributed by atoms with Crippen molar-refractivity contribution in [3.8, 4) is 0 Å². The smallest absolute Gasteiger partial charge is 0.0233 e. The van der Waals surface area contributed by atoms with Crippen molar-refractivity contribution in [3.05, 3.63) is 12.2 Å². The third kappa shape index (κ3) is 7.21. The van der Waals surface area contributed by atoms with E-state index in [1.54, 1.807) is 57.8 Å². The van der Waals surface area contributed by atoms with Crippen LogP contribution in [0.2, 0.25) is 0 Å². The average molecular weight is 387 g/mol. The summed E-state index contributed by atoms with van der Waals surface area (Å²) in [5.41, 5.74) is 0. The summed E-state index contributed by atoms with van der Waals surface area (Å²) in [4.78, 5) is 0. The molecule has 3 fully saturated rings. The second-order valence-electron chi connectivity index (χ2n) is 10.9. The van der Waals surface area contributed by atoms with Gasteiger partial charge in [0.05, 0.1) is 0 Å². The first-order valence-corrected chi connectivity index (χ1v) is 13.4. The normalized spacial score (nSPS) is 37.4. The van der Waals surface area contributed by atoms with Gasteiger partial charge in [0.25, 0.3) is 0 Å². The van der Waals surface area contributed by atoms with Gasteiger partial charge in [-0.25, -0.2) is 0 Å². The van der Waals surface area contributed by atoms with Crippen LogP contribution in [-0.4, -0.2) is 0 Å². The quantitative estimate of drug-likeness (QED) is 0.273. The number of allylic oxidation sites excluding steroid dienone is 2. The van der Waals surface area contributed by atoms with E-state index < -0.39 is 0 Å². The Kier molecular flexibility index (Phi) is 9.96. The van der Waals surface area contributed by atoms with E-state index in [9.17, 15) is 0 Å². The lowest BCUT2D eigenvalue weighted by atomic mass is 9.68. The maximum atomic E-state index is 2.45. The summed E-state index contributed by atoms with van der Waals surface area (Å²) in [6.07, 6.45) is 32.1. The molecule has 3 saturated carbocycles. The van der Waals surface area contributed by atoms with Crippen molar-refractivity contribution in [2.45, 2.75) is 129 Å². The van der Waals surface area contributed by atoms with Crippen molar-refractivity contribution < 1.29 is 0 Å². The van der Waals surface area contributed by atoms with E-state index in [0.29, 0.717) is 0 Å². The molecule has 0 amide bonds. The van der Waals surface area contributed by atoms with Crippen LogP contribution in [-0.2, 0) is 0 Å². The molecule has 0 aromatic heterocycles. The first kappa shape index (κ1) is 22.4. The third-order valence-electron chi connectivity index (χ3n) is 8.98. The highest BCUT2D eigenvalue weighted by molar-refractivity contribution is 4.88. The van der Waals surface area contributed by atoms with Gasteiger partial charge in [-0.2, -0.15) is 0 Å². The molecule has 0 bridgehead atoms. The molecule has 28 heavy (non-hydrogen) atoms. The number of rotatable bonds is 9. The molecule has 0 heteroatoms. The zero-order valence-corrected chi connectivity index (χ0v) is 19.3. The Balaban J connectivity index is 1.22. The summed E-state index contributed by atoms with van der Waals surface area (Å²) in [6, 6.07) is 0. The first-order valence-electron chi connectivity index (χ1n) is 13.4. The van der Waals surface area contributed by atoms with Gasteiger partial charge in [0, 0.05) is 0 Å². The largest absolute Gasteiger partial charge is 0.0914 e. The highest BCUT2D eigenvalue weighted by Gasteiger charge is 2.30. The second kappa shape index (κ2) is 12.4. The van der Waals surface area contributed by atoms with Crippen molar-refractivity contribution in [2.24, 2.45) is 35.5 Å². The molecule has 0 aromatic carbocycles. The Labute approximate surface area is 177 Å². The molecule has 3 rings (SSSR count). The van der Waals surface area contributed by atoms with Crippen LogP contribution in [0.5, 0.6) is 0 Å². The molecule has 0 heterocycles. The van der Waals surface area contributed by atoms with E-state index in [1.165, 1.54) is 57.8 Å². The molecule has 0 saturated heterocycles. The fraction of sp³-hybridized carbons (Fsp3) is 0.929. The van der Waals surface area contributed by atoms with Crippen LogP contribution in [0, 0.1) is 35.5 Å². The minimum absolute atomic E-state index is 0.901. The van der Waals surface area contributed by atoms with Gasteiger partial charge in [0.1, 0.15) is 0 Å². The van der Waals surface area contributed by atoms with E-state index in [4.69, 9.17) is 0 Å². The molecule has 0 aliphatic heterocycles. The van der Waals surface area contributed by atoms with Gasteiger partial charge in [-0.1, -0.05) is 83.3 Å². The van der Waals surface area contributed by atoms with Crippen LogP contribution in [0.3, 0.4) is 0 Å². The molecule has 3 aliphatic rings. The Hall–Kier alpha value is -0.260. The summed E-state index contributed by atoms with van der Waals surface area (Å²) < 4.78 is 0. The van der Waals surface area contributed by atoms with Crippen molar-refractivity contribution in [3.63, 3.8) is 0 Å². The lowest BCUT2D eigenvalue weighted by Gasteiger charge is -2.38. The van der Waals surface area contributed by atoms with Crippen LogP contribution in [0.15, 0.2) is 12.2 Å². The molecule has 0 nitrogen and oxygen atoms in total. The van der Waals surface area contributed by atoms with Crippen molar-refractivity contribution >= 4 is 0 Å². The van der Waals surface area contributed by atoms with E-state index in [1.807, 2.05) is 0 Å². The molecule has 0 aromatic rings. The predicted molar refractivity (Wildman–Crippen MR) is 125 cm³/mol. The number of unbranched alkanes of at least 4 members (excludes halogenated alkanes) is 1. The van der Waals surface area contributed by atoms with Crippen LogP contribution < -0.4 is 0 Å². The fourth-order valence-electron chi connectivity index (χ4n) is 7.11. The van der Waals surface area contributed by atoms with E-state index in [0.717, 1.165) is 35.5 Å². The van der Waals surface area contributed by atoms with Gasteiger partial charge in [0.15, 0.2) is 0 Å². The first-order chi connectivity index (χ1) is 13.8. The van der Waals surface area contributed by atoms with Crippen molar-refractivity contribution in [1.29, 1.82) is 0 Å². The molecule has 3 aliphatic carbocycles. The van der Waals surface area contributed by atoms with Gasteiger partial charge in [-0.05, 0) is 93.8 Å². The van der Waals surface area contributed by atoms with Gasteiger partial charge < -0.3 is 0 Å². The Bertz CT molecular complexity index is 411. The number of hydrogen-bond acceptors (Lipinski definition) is 0. The van der Waals surface area contributed by atoms with Gasteiger partial charge in [0.2, 0.25) is 0 Å². The lowest BCUT2D eigenvalue weighted by molar-refractivity contribution is 0.140. The fourth-order valence-corrected chi connectivity index (χ4v) is 7.11. The summed E-state index contributed by atoms with van der Waals surface area (Å²) >= 11 is 0. The summed E-state index contributed by atoms with van der Waals surface area (Å²) in [5.74, 6) is 6.32. The van der Waals surface area contributed by atoms with E-state index in [2.05, 4.69) is 26.0 Å². The van der Waals surface area contributed by atoms with E-state index in [-0.39, 0.29) is 0 Å². The van der Waals surface area contributed by atoms with Crippen LogP contribution in [0.1, 0.15) is 129 Å². The highest BCUT2D eigenvalue weighted by Crippen LogP contribution is 2.43. The topological polar surface area (TPSA) is 0 Å². The summed E-state index contributed by atoms with van der Waals surface area (Å²) in [7, 11) is 0. The molecule has 0 N–H and O–H groups in total. The van der Waals surface area contributed by atoms with Crippen LogP contribution in [0.4, 0.5) is 0 Å². The van der Waals surface area contributed by atoms with Gasteiger partial charge in [-0.15, -0.1) is 0 Å². The molecular formula is C28H50. The second-order valence-corrected chi connectivity index (χ2v) is 10.9.